The smallest absolute Gasteiger partial charge is 0.203 e. The van der Waals surface area contributed by atoms with Gasteiger partial charge in [-0.25, -0.2) is 4.39 Å². The number of benzene rings is 3. The fourth-order valence-corrected chi connectivity index (χ4v) is 4.00. The van der Waals surface area contributed by atoms with E-state index in [-0.39, 0.29) is 22.2 Å². The van der Waals surface area contributed by atoms with Crippen LogP contribution < -0.4 is 23.7 Å². The molecule has 0 radical (unpaired) electrons. The maximum absolute atomic E-state index is 15.1. The minimum atomic E-state index is -0.540. The van der Waals surface area contributed by atoms with E-state index in [9.17, 15) is 5.11 Å². The predicted octanol–water partition coefficient (Wildman–Crippen LogP) is 6.51. The van der Waals surface area contributed by atoms with E-state index in [2.05, 4.69) is 4.72 Å². The summed E-state index contributed by atoms with van der Waals surface area (Å²) in [6.45, 7) is 0. The monoisotopic (exact) mass is 491 g/mol. The predicted molar refractivity (Wildman–Crippen MR) is 131 cm³/mol. The molecule has 3 aromatic carbocycles. The highest BCUT2D eigenvalue weighted by atomic mass is 35.5. The Morgan fingerprint density at radius 2 is 1.55 bits per heavy atom. The summed E-state index contributed by atoms with van der Waals surface area (Å²) in [5.41, 5.74) is 1.58. The molecule has 0 amide bonds. The SMILES string of the molecule is COc1ccc(/C=C\c2cc(OC)c(OC)c(OC)c2)c(NSc2ccc(O)c(Cl)c2)c1F. The minimum Gasteiger partial charge on any atom is -0.506 e. The van der Waals surface area contributed by atoms with Gasteiger partial charge in [0.1, 0.15) is 5.75 Å². The lowest BCUT2D eigenvalue weighted by atomic mass is 10.1. The van der Waals surface area contributed by atoms with Crippen LogP contribution in [0.1, 0.15) is 11.1 Å². The molecule has 0 saturated carbocycles. The molecule has 3 rings (SSSR count). The lowest BCUT2D eigenvalue weighted by molar-refractivity contribution is 0.324. The Balaban J connectivity index is 1.95. The van der Waals surface area contributed by atoms with Crippen molar-refractivity contribution in [2.24, 2.45) is 0 Å². The second kappa shape index (κ2) is 11.1. The zero-order valence-corrected chi connectivity index (χ0v) is 20.0. The molecule has 0 saturated heterocycles. The zero-order valence-electron chi connectivity index (χ0n) is 18.4. The second-order valence-electron chi connectivity index (χ2n) is 6.66. The average molecular weight is 492 g/mol. The molecule has 9 heteroatoms. The van der Waals surface area contributed by atoms with Gasteiger partial charge >= 0.3 is 0 Å². The maximum Gasteiger partial charge on any atom is 0.203 e. The molecule has 0 aliphatic carbocycles. The number of methoxy groups -OCH3 is 4. The van der Waals surface area contributed by atoms with E-state index in [0.29, 0.717) is 27.7 Å². The number of rotatable bonds is 9. The first-order valence-corrected chi connectivity index (χ1v) is 10.9. The van der Waals surface area contributed by atoms with Crippen molar-refractivity contribution in [1.29, 1.82) is 0 Å². The van der Waals surface area contributed by atoms with Gasteiger partial charge in [-0.05, 0) is 60.0 Å². The van der Waals surface area contributed by atoms with Gasteiger partial charge in [-0.1, -0.05) is 23.8 Å². The number of hydrogen-bond acceptors (Lipinski definition) is 7. The summed E-state index contributed by atoms with van der Waals surface area (Å²) in [7, 11) is 6.02. The standard InChI is InChI=1S/C24H23ClFNO5S/c1-29-19-10-7-15(6-5-14-11-20(30-2)24(32-4)21(12-14)31-3)23(22(19)26)27-33-16-8-9-18(28)17(25)13-16/h5-13,27-28H,1-4H3/b6-5-. The maximum atomic E-state index is 15.1. The Morgan fingerprint density at radius 1 is 0.879 bits per heavy atom. The molecular weight excluding hydrogens is 469 g/mol. The number of phenolic OH excluding ortho intramolecular Hbond substituents is 1. The molecule has 0 aliphatic rings. The summed E-state index contributed by atoms with van der Waals surface area (Å²) in [6, 6.07) is 11.6. The van der Waals surface area contributed by atoms with Crippen molar-refractivity contribution >= 4 is 41.4 Å². The van der Waals surface area contributed by atoms with Gasteiger partial charge in [0, 0.05) is 10.5 Å². The van der Waals surface area contributed by atoms with Gasteiger partial charge in [-0.2, -0.15) is 0 Å². The first-order chi connectivity index (χ1) is 15.9. The molecule has 2 N–H and O–H groups in total. The van der Waals surface area contributed by atoms with Crippen molar-refractivity contribution in [1.82, 2.24) is 0 Å². The first kappa shape index (κ1) is 24.4. The highest BCUT2D eigenvalue weighted by Gasteiger charge is 2.15. The van der Waals surface area contributed by atoms with Gasteiger partial charge in [0.15, 0.2) is 23.1 Å². The first-order valence-electron chi connectivity index (χ1n) is 9.67. The van der Waals surface area contributed by atoms with Crippen LogP contribution >= 0.6 is 23.5 Å². The van der Waals surface area contributed by atoms with Crippen LogP contribution in [0.5, 0.6) is 28.7 Å². The van der Waals surface area contributed by atoms with Gasteiger partial charge in [-0.3, -0.25) is 0 Å². The van der Waals surface area contributed by atoms with Crippen LogP contribution in [-0.4, -0.2) is 33.5 Å². The molecule has 0 aromatic heterocycles. The third-order valence-electron chi connectivity index (χ3n) is 4.69. The van der Waals surface area contributed by atoms with Crippen LogP contribution in [0.4, 0.5) is 10.1 Å². The number of nitrogens with one attached hydrogen (secondary N) is 1. The largest absolute Gasteiger partial charge is 0.506 e. The number of phenols is 1. The number of halogens is 2. The highest BCUT2D eigenvalue weighted by molar-refractivity contribution is 8.00. The van der Waals surface area contributed by atoms with E-state index in [1.165, 1.54) is 20.3 Å². The number of anilines is 1. The van der Waals surface area contributed by atoms with Crippen LogP contribution in [0, 0.1) is 5.82 Å². The van der Waals surface area contributed by atoms with E-state index < -0.39 is 5.82 Å². The molecule has 0 spiro atoms. The highest BCUT2D eigenvalue weighted by Crippen LogP contribution is 2.39. The van der Waals surface area contributed by atoms with Gasteiger partial charge in [-0.15, -0.1) is 0 Å². The van der Waals surface area contributed by atoms with E-state index in [1.807, 2.05) is 0 Å². The van der Waals surface area contributed by atoms with Crippen LogP contribution in [0.2, 0.25) is 5.02 Å². The fourth-order valence-electron chi connectivity index (χ4n) is 3.02. The Labute approximate surface area is 201 Å². The average Bonchev–Trinajstić information content (AvgIpc) is 2.83. The number of hydrogen-bond donors (Lipinski definition) is 2. The molecule has 0 fully saturated rings. The summed E-state index contributed by atoms with van der Waals surface area (Å²) in [6.07, 6.45) is 3.56. The summed E-state index contributed by atoms with van der Waals surface area (Å²) >= 11 is 7.12. The molecule has 0 heterocycles. The lowest BCUT2D eigenvalue weighted by Crippen LogP contribution is -1.98. The third kappa shape index (κ3) is 5.58. The third-order valence-corrected chi connectivity index (χ3v) is 5.79. The van der Waals surface area contributed by atoms with Crippen molar-refractivity contribution in [2.45, 2.75) is 4.90 Å². The molecule has 0 aliphatic heterocycles. The lowest BCUT2D eigenvalue weighted by Gasteiger charge is -2.14. The molecule has 33 heavy (non-hydrogen) atoms. The van der Waals surface area contributed by atoms with E-state index >= 15 is 4.39 Å². The van der Waals surface area contributed by atoms with E-state index in [4.69, 9.17) is 30.5 Å². The van der Waals surface area contributed by atoms with Crippen molar-refractivity contribution in [3.05, 3.63) is 64.4 Å². The van der Waals surface area contributed by atoms with Gasteiger partial charge < -0.3 is 28.8 Å². The minimum absolute atomic E-state index is 0.0254. The molecule has 3 aromatic rings. The van der Waals surface area contributed by atoms with E-state index in [0.717, 1.165) is 17.5 Å². The van der Waals surface area contributed by atoms with Gasteiger partial charge in [0.25, 0.3) is 0 Å². The molecule has 0 bridgehead atoms. The number of ether oxygens (including phenoxy) is 4. The van der Waals surface area contributed by atoms with Crippen molar-refractivity contribution in [2.75, 3.05) is 33.2 Å². The fraction of sp³-hybridized carbons (Fsp3) is 0.167. The Bertz CT molecular complexity index is 1150. The van der Waals surface area contributed by atoms with Gasteiger partial charge in [0.2, 0.25) is 5.75 Å². The summed E-state index contributed by atoms with van der Waals surface area (Å²) in [5.74, 6) is 1.04. The van der Waals surface area contributed by atoms with Crippen molar-refractivity contribution in [3.8, 4) is 28.7 Å². The molecule has 174 valence electrons. The summed E-state index contributed by atoms with van der Waals surface area (Å²) in [5, 5.41) is 9.80. The van der Waals surface area contributed by atoms with Crippen molar-refractivity contribution in [3.63, 3.8) is 0 Å². The zero-order chi connectivity index (χ0) is 24.0. The van der Waals surface area contributed by atoms with Crippen LogP contribution in [-0.2, 0) is 0 Å². The summed E-state index contributed by atoms with van der Waals surface area (Å²) in [4.78, 5) is 0.694. The van der Waals surface area contributed by atoms with Crippen LogP contribution in [0.25, 0.3) is 12.2 Å². The molecule has 0 atom stereocenters. The Morgan fingerprint density at radius 3 is 2.12 bits per heavy atom. The molecule has 6 nitrogen and oxygen atoms in total. The molecular formula is C24H23ClFNO5S. The second-order valence-corrected chi connectivity index (χ2v) is 7.94. The number of aromatic hydroxyl groups is 1. The van der Waals surface area contributed by atoms with Gasteiger partial charge in [0.05, 0.1) is 39.1 Å². The molecule has 0 unspecified atom stereocenters. The van der Waals surface area contributed by atoms with E-state index in [1.54, 1.807) is 62.8 Å². The van der Waals surface area contributed by atoms with Crippen LogP contribution in [0.3, 0.4) is 0 Å². The topological polar surface area (TPSA) is 69.2 Å². The Hall–Kier alpha value is -3.23. The Kier molecular flexibility index (Phi) is 8.19. The van der Waals surface area contributed by atoms with Crippen molar-refractivity contribution < 1.29 is 28.4 Å². The quantitative estimate of drug-likeness (QED) is 0.261. The summed E-state index contributed by atoms with van der Waals surface area (Å²) < 4.78 is 39.4. The van der Waals surface area contributed by atoms with Crippen LogP contribution in [0.15, 0.2) is 47.4 Å². The normalized spacial score (nSPS) is 10.8.